The Kier molecular flexibility index (Phi) is 9.04. The molecule has 9 heteroatoms. The van der Waals surface area contributed by atoms with Crippen LogP contribution in [0.2, 0.25) is 0 Å². The molecule has 0 spiro atoms. The lowest BCUT2D eigenvalue weighted by molar-refractivity contribution is 0.0393. The van der Waals surface area contributed by atoms with E-state index in [4.69, 9.17) is 19.3 Å². The molecule has 1 saturated carbocycles. The Morgan fingerprint density at radius 1 is 1.24 bits per heavy atom. The summed E-state index contributed by atoms with van der Waals surface area (Å²) in [6.07, 6.45) is 5.36. The summed E-state index contributed by atoms with van der Waals surface area (Å²) in [5.74, 6) is -1.48. The first-order valence-electron chi connectivity index (χ1n) is 11.6. The van der Waals surface area contributed by atoms with Crippen molar-refractivity contribution in [2.24, 2.45) is 10.9 Å². The number of hydrogen-bond acceptors (Lipinski definition) is 6. The molecule has 2 fully saturated rings. The highest BCUT2D eigenvalue weighted by Crippen LogP contribution is 2.38. The van der Waals surface area contributed by atoms with Crippen LogP contribution in [0.3, 0.4) is 0 Å². The molecular weight excluding hydrogens is 446 g/mol. The summed E-state index contributed by atoms with van der Waals surface area (Å²) in [6.45, 7) is 7.98. The van der Waals surface area contributed by atoms with Crippen LogP contribution in [0.15, 0.2) is 41.7 Å². The molecule has 1 heterocycles. The van der Waals surface area contributed by atoms with Crippen LogP contribution in [-0.4, -0.2) is 53.9 Å². The van der Waals surface area contributed by atoms with Crippen LogP contribution >= 0.6 is 0 Å². The summed E-state index contributed by atoms with van der Waals surface area (Å²) in [4.78, 5) is 17.9. The van der Waals surface area contributed by atoms with E-state index in [1.54, 1.807) is 11.2 Å². The zero-order chi connectivity index (χ0) is 24.7. The molecule has 34 heavy (non-hydrogen) atoms. The third kappa shape index (κ3) is 7.03. The molecule has 0 bridgehead atoms. The summed E-state index contributed by atoms with van der Waals surface area (Å²) in [6, 6.07) is 1.97. The van der Waals surface area contributed by atoms with Crippen LogP contribution in [0.5, 0.6) is 5.75 Å². The van der Waals surface area contributed by atoms with Crippen molar-refractivity contribution < 1.29 is 32.9 Å². The second-order valence-corrected chi connectivity index (χ2v) is 8.67. The van der Waals surface area contributed by atoms with Crippen molar-refractivity contribution >= 4 is 12.0 Å². The van der Waals surface area contributed by atoms with Crippen molar-refractivity contribution in [1.29, 1.82) is 0 Å². The molecule has 0 aromatic heterocycles. The van der Waals surface area contributed by atoms with Crippen molar-refractivity contribution in [2.75, 3.05) is 19.7 Å². The lowest BCUT2D eigenvalue weighted by atomic mass is 10.1. The van der Waals surface area contributed by atoms with Crippen molar-refractivity contribution in [1.82, 2.24) is 4.90 Å². The molecule has 3 rings (SSSR count). The number of amides is 1. The van der Waals surface area contributed by atoms with Crippen LogP contribution in [0.25, 0.3) is 0 Å². The van der Waals surface area contributed by atoms with Crippen molar-refractivity contribution in [2.45, 2.75) is 58.2 Å². The quantitative estimate of drug-likeness (QED) is 0.315. The minimum Gasteiger partial charge on any atom is -0.497 e. The third-order valence-corrected chi connectivity index (χ3v) is 5.59. The molecule has 186 valence electrons. The van der Waals surface area contributed by atoms with Gasteiger partial charge in [-0.1, -0.05) is 6.58 Å². The van der Waals surface area contributed by atoms with Crippen molar-refractivity contribution in [3.63, 3.8) is 0 Å². The van der Waals surface area contributed by atoms with Gasteiger partial charge in [0.25, 0.3) is 0 Å². The molecule has 1 aromatic carbocycles. The van der Waals surface area contributed by atoms with Gasteiger partial charge in [0.05, 0.1) is 17.9 Å². The molecule has 1 N–H and O–H groups in total. The Bertz CT molecular complexity index is 935. The third-order valence-electron chi connectivity index (χ3n) is 5.59. The largest absolute Gasteiger partial charge is 0.497 e. The number of carbonyl (C=O) groups is 1. The predicted octanol–water partition coefficient (Wildman–Crippen LogP) is 4.74. The smallest absolute Gasteiger partial charge is 0.410 e. The molecule has 0 unspecified atom stereocenters. The maximum absolute atomic E-state index is 14.5. The van der Waals surface area contributed by atoms with Gasteiger partial charge in [0, 0.05) is 44.8 Å². The number of benzene rings is 1. The summed E-state index contributed by atoms with van der Waals surface area (Å²) in [5.41, 5.74) is 0.722. The zero-order valence-electron chi connectivity index (χ0n) is 19.6. The molecule has 1 saturated heterocycles. The fourth-order valence-electron chi connectivity index (χ4n) is 3.64. The van der Waals surface area contributed by atoms with Gasteiger partial charge in [-0.25, -0.2) is 18.6 Å². The summed E-state index contributed by atoms with van der Waals surface area (Å²) in [5, 5.41) is 9.01. The first-order valence-corrected chi connectivity index (χ1v) is 11.6. The molecule has 1 aliphatic heterocycles. The Morgan fingerprint density at radius 3 is 2.53 bits per heavy atom. The number of carbonyl (C=O) groups excluding carboxylic acids is 1. The Morgan fingerprint density at radius 2 is 1.94 bits per heavy atom. The van der Waals surface area contributed by atoms with Gasteiger partial charge in [0.1, 0.15) is 11.9 Å². The highest BCUT2D eigenvalue weighted by atomic mass is 19.1. The summed E-state index contributed by atoms with van der Waals surface area (Å²) < 4.78 is 45.7. The average Bonchev–Trinajstić information content (AvgIpc) is 3.62. The monoisotopic (exact) mass is 478 g/mol. The Hall–Kier alpha value is -2.94. The lowest BCUT2D eigenvalue weighted by Gasteiger charge is -2.31. The van der Waals surface area contributed by atoms with E-state index in [0.29, 0.717) is 31.5 Å². The van der Waals surface area contributed by atoms with Crippen LogP contribution in [0.4, 0.5) is 13.6 Å². The van der Waals surface area contributed by atoms with Crippen molar-refractivity contribution in [3.8, 4) is 5.75 Å². The number of ether oxygens (including phenoxy) is 3. The fraction of sp³-hybridized carbons (Fsp3) is 0.520. The molecule has 1 amide bonds. The maximum Gasteiger partial charge on any atom is 0.410 e. The van der Waals surface area contributed by atoms with E-state index in [1.165, 1.54) is 6.20 Å². The van der Waals surface area contributed by atoms with Crippen molar-refractivity contribution in [3.05, 3.63) is 53.9 Å². The molecule has 7 nitrogen and oxygen atoms in total. The first-order chi connectivity index (χ1) is 16.3. The molecule has 0 radical (unpaired) electrons. The Balaban J connectivity index is 1.68. The predicted molar refractivity (Wildman–Crippen MR) is 124 cm³/mol. The minimum atomic E-state index is -0.752. The van der Waals surface area contributed by atoms with Gasteiger partial charge in [0.2, 0.25) is 5.90 Å². The SMILES string of the molecule is C=C/N=C(Oc1cc(F)c(CCO)cc1F)\C(=C\OC1CCN(C(=O)OC(C)C)CC1)C1CC1. The van der Waals surface area contributed by atoms with E-state index < -0.39 is 11.6 Å². The second kappa shape index (κ2) is 12.0. The highest BCUT2D eigenvalue weighted by molar-refractivity contribution is 5.96. The van der Waals surface area contributed by atoms with Gasteiger partial charge in [-0.2, -0.15) is 0 Å². The molecule has 1 aromatic rings. The van der Waals surface area contributed by atoms with E-state index in [0.717, 1.165) is 25.0 Å². The van der Waals surface area contributed by atoms with Gasteiger partial charge in [-0.05, 0) is 50.7 Å². The number of aliphatic hydroxyl groups is 1. The first kappa shape index (κ1) is 25.7. The minimum absolute atomic E-state index is 0.00567. The van der Waals surface area contributed by atoms with Crippen LogP contribution < -0.4 is 4.74 Å². The van der Waals surface area contributed by atoms with E-state index >= 15 is 0 Å². The number of nitrogens with zero attached hydrogens (tertiary/aromatic N) is 2. The Labute approximate surface area is 198 Å². The maximum atomic E-state index is 14.5. The second-order valence-electron chi connectivity index (χ2n) is 8.67. The average molecular weight is 479 g/mol. The molecular formula is C25H32F2N2O5. The summed E-state index contributed by atoms with van der Waals surface area (Å²) >= 11 is 0. The number of halogens is 2. The van der Waals surface area contributed by atoms with E-state index in [2.05, 4.69) is 11.6 Å². The van der Waals surface area contributed by atoms with Crippen LogP contribution in [-0.2, 0) is 15.9 Å². The number of hydrogen-bond donors (Lipinski definition) is 1. The number of piperidine rings is 1. The van der Waals surface area contributed by atoms with Gasteiger partial charge in [-0.3, -0.25) is 0 Å². The standard InChI is InChI=1S/C25H32F2N2O5/c1-4-28-24(34-23-14-21(26)18(9-12-30)13-22(23)27)20(17-5-6-17)15-32-19-7-10-29(11-8-19)25(31)33-16(2)3/h4,13-17,19,30H,1,5-12H2,2-3H3/b20-15+,28-24+. The molecule has 2 aliphatic rings. The molecule has 0 atom stereocenters. The molecule has 1 aliphatic carbocycles. The van der Waals surface area contributed by atoms with Crippen LogP contribution in [0.1, 0.15) is 45.1 Å². The van der Waals surface area contributed by atoms with Gasteiger partial charge in [-0.15, -0.1) is 0 Å². The van der Waals surface area contributed by atoms with Gasteiger partial charge >= 0.3 is 6.09 Å². The van der Waals surface area contributed by atoms with E-state index in [-0.39, 0.29) is 54.5 Å². The highest BCUT2D eigenvalue weighted by Gasteiger charge is 2.32. The van der Waals surface area contributed by atoms with E-state index in [1.807, 2.05) is 13.8 Å². The number of aliphatic hydroxyl groups excluding tert-OH is 1. The van der Waals surface area contributed by atoms with Crippen LogP contribution in [0, 0.1) is 17.6 Å². The van der Waals surface area contributed by atoms with E-state index in [9.17, 15) is 13.6 Å². The summed E-state index contributed by atoms with van der Waals surface area (Å²) in [7, 11) is 0. The normalized spacial score (nSPS) is 17.6. The fourth-order valence-corrected chi connectivity index (χ4v) is 3.64. The zero-order valence-corrected chi connectivity index (χ0v) is 19.6. The van der Waals surface area contributed by atoms with Gasteiger partial charge < -0.3 is 24.2 Å². The van der Waals surface area contributed by atoms with Gasteiger partial charge in [0.15, 0.2) is 11.6 Å². The topological polar surface area (TPSA) is 80.6 Å². The number of aliphatic imine (C=N–C) groups is 1. The number of rotatable bonds is 9. The lowest BCUT2D eigenvalue weighted by Crippen LogP contribution is -2.41. The number of likely N-dealkylation sites (tertiary alicyclic amines) is 1.